The van der Waals surface area contributed by atoms with E-state index >= 15 is 0 Å². The van der Waals surface area contributed by atoms with E-state index in [1.165, 1.54) is 0 Å². The SMILES string of the molecule is CC1(C)C(Nc2c(Cl)cc(Br)cc2Cl)C2CCOC21. The van der Waals surface area contributed by atoms with Gasteiger partial charge >= 0.3 is 0 Å². The molecule has 104 valence electrons. The van der Waals surface area contributed by atoms with Crippen molar-refractivity contribution < 1.29 is 4.74 Å². The number of anilines is 1. The normalized spacial score (nSPS) is 31.7. The highest BCUT2D eigenvalue weighted by atomic mass is 79.9. The molecule has 2 nitrogen and oxygen atoms in total. The molecule has 1 saturated carbocycles. The highest BCUT2D eigenvalue weighted by Crippen LogP contribution is 2.54. The van der Waals surface area contributed by atoms with Crippen LogP contribution in [-0.2, 0) is 4.74 Å². The molecule has 1 N–H and O–H groups in total. The van der Waals surface area contributed by atoms with Gasteiger partial charge in [-0.05, 0) is 18.6 Å². The number of nitrogens with one attached hydrogen (secondary N) is 1. The van der Waals surface area contributed by atoms with E-state index in [4.69, 9.17) is 27.9 Å². The lowest BCUT2D eigenvalue weighted by Crippen LogP contribution is -2.63. The van der Waals surface area contributed by atoms with E-state index in [1.807, 2.05) is 12.1 Å². The van der Waals surface area contributed by atoms with Gasteiger partial charge in [0.1, 0.15) is 0 Å². The number of hydrogen-bond donors (Lipinski definition) is 1. The Morgan fingerprint density at radius 3 is 2.58 bits per heavy atom. The van der Waals surface area contributed by atoms with Crippen LogP contribution in [0.3, 0.4) is 0 Å². The average molecular weight is 365 g/mol. The summed E-state index contributed by atoms with van der Waals surface area (Å²) in [6.07, 6.45) is 1.47. The molecule has 2 aliphatic rings. The molecule has 3 unspecified atom stereocenters. The van der Waals surface area contributed by atoms with Crippen molar-refractivity contribution in [1.29, 1.82) is 0 Å². The zero-order valence-corrected chi connectivity index (χ0v) is 13.9. The minimum absolute atomic E-state index is 0.112. The van der Waals surface area contributed by atoms with Crippen LogP contribution in [0, 0.1) is 11.3 Å². The summed E-state index contributed by atoms with van der Waals surface area (Å²) in [6, 6.07) is 4.09. The molecule has 5 heteroatoms. The molecule has 1 aromatic carbocycles. The van der Waals surface area contributed by atoms with Crippen molar-refractivity contribution >= 4 is 44.8 Å². The zero-order chi connectivity index (χ0) is 13.8. The minimum atomic E-state index is 0.112. The smallest absolute Gasteiger partial charge is 0.0722 e. The Labute approximate surface area is 131 Å². The lowest BCUT2D eigenvalue weighted by Gasteiger charge is -2.55. The Balaban J connectivity index is 1.86. The van der Waals surface area contributed by atoms with E-state index in [0.717, 1.165) is 23.2 Å². The molecule has 3 atom stereocenters. The summed E-state index contributed by atoms with van der Waals surface area (Å²) in [5.41, 5.74) is 0.941. The molecular formula is C14H16BrCl2NO. The molecule has 1 aliphatic heterocycles. The van der Waals surface area contributed by atoms with Crippen LogP contribution in [0.25, 0.3) is 0 Å². The van der Waals surface area contributed by atoms with Crippen LogP contribution >= 0.6 is 39.1 Å². The summed E-state index contributed by atoms with van der Waals surface area (Å²) in [5, 5.41) is 4.84. The Hall–Kier alpha value is 0.0400. The summed E-state index contributed by atoms with van der Waals surface area (Å²) in [5.74, 6) is 0.561. The van der Waals surface area contributed by atoms with Crippen LogP contribution in [0.1, 0.15) is 20.3 Å². The van der Waals surface area contributed by atoms with Gasteiger partial charge in [-0.1, -0.05) is 53.0 Å². The summed E-state index contributed by atoms with van der Waals surface area (Å²) >= 11 is 16.0. The Bertz CT molecular complexity index is 497. The van der Waals surface area contributed by atoms with E-state index in [-0.39, 0.29) is 5.41 Å². The van der Waals surface area contributed by atoms with Crippen molar-refractivity contribution in [1.82, 2.24) is 0 Å². The van der Waals surface area contributed by atoms with Crippen LogP contribution in [0.4, 0.5) is 5.69 Å². The monoisotopic (exact) mass is 363 g/mol. The summed E-state index contributed by atoms with van der Waals surface area (Å²) in [4.78, 5) is 0. The molecule has 1 saturated heterocycles. The first-order valence-corrected chi connectivity index (χ1v) is 7.99. The Morgan fingerprint density at radius 2 is 1.95 bits per heavy atom. The van der Waals surface area contributed by atoms with Gasteiger partial charge in [-0.2, -0.15) is 0 Å². The lowest BCUT2D eigenvalue weighted by molar-refractivity contribution is -0.0923. The molecule has 3 rings (SSSR count). The first kappa shape index (κ1) is 14.0. The van der Waals surface area contributed by atoms with Crippen LogP contribution in [0.5, 0.6) is 0 Å². The number of benzene rings is 1. The van der Waals surface area contributed by atoms with Crippen molar-refractivity contribution in [2.45, 2.75) is 32.4 Å². The second-order valence-electron chi connectivity index (χ2n) is 5.93. The van der Waals surface area contributed by atoms with Crippen LogP contribution in [0.15, 0.2) is 16.6 Å². The van der Waals surface area contributed by atoms with Crippen LogP contribution < -0.4 is 5.32 Å². The van der Waals surface area contributed by atoms with Crippen molar-refractivity contribution in [3.8, 4) is 0 Å². The van der Waals surface area contributed by atoms with Gasteiger partial charge in [0.15, 0.2) is 0 Å². The van der Waals surface area contributed by atoms with Crippen molar-refractivity contribution in [2.24, 2.45) is 11.3 Å². The highest BCUT2D eigenvalue weighted by molar-refractivity contribution is 9.10. The lowest BCUT2D eigenvalue weighted by atomic mass is 9.57. The van der Waals surface area contributed by atoms with Gasteiger partial charge in [0.05, 0.1) is 21.8 Å². The van der Waals surface area contributed by atoms with Gasteiger partial charge in [0.25, 0.3) is 0 Å². The fourth-order valence-corrected chi connectivity index (χ4v) is 4.77. The predicted molar refractivity (Wildman–Crippen MR) is 83.2 cm³/mol. The zero-order valence-electron chi connectivity index (χ0n) is 10.8. The molecule has 0 amide bonds. The molecule has 19 heavy (non-hydrogen) atoms. The fraction of sp³-hybridized carbons (Fsp3) is 0.571. The summed E-state index contributed by atoms with van der Waals surface area (Å²) in [7, 11) is 0. The van der Waals surface area contributed by atoms with Gasteiger partial charge in [0, 0.05) is 28.5 Å². The molecule has 1 aromatic rings. The maximum atomic E-state index is 6.29. The second-order valence-corrected chi connectivity index (χ2v) is 7.66. The molecular weight excluding hydrogens is 349 g/mol. The molecule has 0 bridgehead atoms. The molecule has 0 spiro atoms. The van der Waals surface area contributed by atoms with E-state index in [0.29, 0.717) is 28.1 Å². The maximum Gasteiger partial charge on any atom is 0.0722 e. The quantitative estimate of drug-likeness (QED) is 0.798. The third-order valence-corrected chi connectivity index (χ3v) is 5.46. The second kappa shape index (κ2) is 4.80. The third-order valence-electron chi connectivity index (χ3n) is 4.41. The Morgan fingerprint density at radius 1 is 1.32 bits per heavy atom. The maximum absolute atomic E-state index is 6.29. The van der Waals surface area contributed by atoms with Crippen molar-refractivity contribution in [2.75, 3.05) is 11.9 Å². The largest absolute Gasteiger partial charge is 0.379 e. The fourth-order valence-electron chi connectivity index (χ4n) is 3.45. The molecule has 1 heterocycles. The van der Waals surface area contributed by atoms with Gasteiger partial charge in [-0.15, -0.1) is 0 Å². The third kappa shape index (κ3) is 2.19. The number of fused-ring (bicyclic) bond motifs is 1. The number of halogens is 3. The molecule has 0 radical (unpaired) electrons. The van der Waals surface area contributed by atoms with Crippen LogP contribution in [-0.4, -0.2) is 18.8 Å². The van der Waals surface area contributed by atoms with Crippen LogP contribution in [0.2, 0.25) is 10.0 Å². The summed E-state index contributed by atoms with van der Waals surface area (Å²) in [6.45, 7) is 5.33. The average Bonchev–Trinajstić information content (AvgIpc) is 2.74. The van der Waals surface area contributed by atoms with Gasteiger partial charge in [-0.3, -0.25) is 0 Å². The van der Waals surface area contributed by atoms with Gasteiger partial charge in [0.2, 0.25) is 0 Å². The molecule has 0 aromatic heterocycles. The number of hydrogen-bond acceptors (Lipinski definition) is 2. The standard InChI is InChI=1S/C14H16BrCl2NO/c1-14(2)12(8-3-4-19-13(8)14)18-11-9(16)5-7(15)6-10(11)17/h5-6,8,12-13,18H,3-4H2,1-2H3. The molecule has 1 aliphatic carbocycles. The minimum Gasteiger partial charge on any atom is -0.379 e. The van der Waals surface area contributed by atoms with Gasteiger partial charge < -0.3 is 10.1 Å². The van der Waals surface area contributed by atoms with E-state index < -0.39 is 0 Å². The summed E-state index contributed by atoms with van der Waals surface area (Å²) < 4.78 is 6.69. The van der Waals surface area contributed by atoms with Crippen molar-refractivity contribution in [3.63, 3.8) is 0 Å². The first-order chi connectivity index (χ1) is 8.91. The Kier molecular flexibility index (Phi) is 3.54. The van der Waals surface area contributed by atoms with E-state index in [9.17, 15) is 0 Å². The van der Waals surface area contributed by atoms with Crippen molar-refractivity contribution in [3.05, 3.63) is 26.7 Å². The topological polar surface area (TPSA) is 21.3 Å². The predicted octanol–water partition coefficient (Wildman–Crippen LogP) is 4.98. The highest BCUT2D eigenvalue weighted by Gasteiger charge is 2.59. The number of rotatable bonds is 2. The number of ether oxygens (including phenoxy) is 1. The van der Waals surface area contributed by atoms with E-state index in [2.05, 4.69) is 35.1 Å². The first-order valence-electron chi connectivity index (χ1n) is 6.44. The molecule has 2 fully saturated rings. The van der Waals surface area contributed by atoms with Gasteiger partial charge in [-0.25, -0.2) is 0 Å². The van der Waals surface area contributed by atoms with E-state index in [1.54, 1.807) is 0 Å².